The second kappa shape index (κ2) is 3.68. The van der Waals surface area contributed by atoms with E-state index >= 15 is 0 Å². The van der Waals surface area contributed by atoms with Crippen molar-refractivity contribution in [1.29, 1.82) is 0 Å². The monoisotopic (exact) mass is 204 g/mol. The maximum absolute atomic E-state index is 10.8. The number of imidazole rings is 1. The molecule has 0 radical (unpaired) electrons. The van der Waals surface area contributed by atoms with E-state index in [1.54, 1.807) is 24.1 Å². The standard InChI is InChI=1S/C10H12N4O/c1-3-9-11-4-5-14(9)10-8(7-15)6-13(2)12-10/h4-7H,3H2,1-2H3. The first-order valence-electron chi connectivity index (χ1n) is 4.77. The molecule has 0 bridgehead atoms. The van der Waals surface area contributed by atoms with Crippen molar-refractivity contribution < 1.29 is 4.79 Å². The maximum atomic E-state index is 10.8. The van der Waals surface area contributed by atoms with E-state index in [0.717, 1.165) is 18.5 Å². The Bertz CT molecular complexity index is 483. The summed E-state index contributed by atoms with van der Waals surface area (Å²) < 4.78 is 3.46. The van der Waals surface area contributed by atoms with Crippen molar-refractivity contribution in [3.63, 3.8) is 0 Å². The molecule has 0 aliphatic carbocycles. The van der Waals surface area contributed by atoms with Crippen molar-refractivity contribution in [3.05, 3.63) is 30.0 Å². The van der Waals surface area contributed by atoms with E-state index in [9.17, 15) is 4.79 Å². The molecule has 2 rings (SSSR count). The van der Waals surface area contributed by atoms with Crippen LogP contribution in [0.3, 0.4) is 0 Å². The Morgan fingerprint density at radius 2 is 2.33 bits per heavy atom. The topological polar surface area (TPSA) is 52.7 Å². The molecule has 2 aromatic heterocycles. The lowest BCUT2D eigenvalue weighted by Crippen LogP contribution is -2.02. The molecule has 0 fully saturated rings. The number of aromatic nitrogens is 4. The highest BCUT2D eigenvalue weighted by Crippen LogP contribution is 2.12. The minimum absolute atomic E-state index is 0.574. The first kappa shape index (κ1) is 9.64. The molecule has 0 aromatic carbocycles. The highest BCUT2D eigenvalue weighted by atomic mass is 16.1. The van der Waals surface area contributed by atoms with Gasteiger partial charge < -0.3 is 0 Å². The molecule has 0 N–H and O–H groups in total. The fourth-order valence-electron chi connectivity index (χ4n) is 1.55. The van der Waals surface area contributed by atoms with Gasteiger partial charge in [0.1, 0.15) is 5.82 Å². The minimum atomic E-state index is 0.574. The first-order valence-corrected chi connectivity index (χ1v) is 4.77. The van der Waals surface area contributed by atoms with Gasteiger partial charge in [0.15, 0.2) is 12.1 Å². The number of aryl methyl sites for hydroxylation is 2. The van der Waals surface area contributed by atoms with E-state index in [0.29, 0.717) is 11.4 Å². The zero-order valence-electron chi connectivity index (χ0n) is 8.71. The van der Waals surface area contributed by atoms with Gasteiger partial charge in [-0.2, -0.15) is 5.10 Å². The van der Waals surface area contributed by atoms with Gasteiger partial charge in [-0.05, 0) is 0 Å². The summed E-state index contributed by atoms with van der Waals surface area (Å²) >= 11 is 0. The van der Waals surface area contributed by atoms with Gasteiger partial charge in [0.05, 0.1) is 5.56 Å². The predicted molar refractivity (Wildman–Crippen MR) is 55.1 cm³/mol. The molecule has 5 heteroatoms. The molecule has 0 aliphatic heterocycles. The van der Waals surface area contributed by atoms with Gasteiger partial charge in [0.2, 0.25) is 0 Å². The SMILES string of the molecule is CCc1nccn1-c1nn(C)cc1C=O. The van der Waals surface area contributed by atoms with Crippen LogP contribution >= 0.6 is 0 Å². The zero-order chi connectivity index (χ0) is 10.8. The van der Waals surface area contributed by atoms with Crippen molar-refractivity contribution in [2.24, 2.45) is 7.05 Å². The van der Waals surface area contributed by atoms with E-state index in [4.69, 9.17) is 0 Å². The van der Waals surface area contributed by atoms with E-state index < -0.39 is 0 Å². The molecule has 0 unspecified atom stereocenters. The Morgan fingerprint density at radius 3 is 3.00 bits per heavy atom. The van der Waals surface area contributed by atoms with Gasteiger partial charge >= 0.3 is 0 Å². The Morgan fingerprint density at radius 1 is 1.53 bits per heavy atom. The fourth-order valence-corrected chi connectivity index (χ4v) is 1.55. The van der Waals surface area contributed by atoms with Crippen LogP contribution in [0.25, 0.3) is 5.82 Å². The summed E-state index contributed by atoms with van der Waals surface area (Å²) in [7, 11) is 1.79. The van der Waals surface area contributed by atoms with Crippen LogP contribution < -0.4 is 0 Å². The second-order valence-electron chi connectivity index (χ2n) is 3.27. The molecule has 2 heterocycles. The average molecular weight is 204 g/mol. The van der Waals surface area contributed by atoms with Gasteiger partial charge in [-0.25, -0.2) is 4.98 Å². The summed E-state index contributed by atoms with van der Waals surface area (Å²) in [5.74, 6) is 1.54. The van der Waals surface area contributed by atoms with Gasteiger partial charge in [-0.3, -0.25) is 14.0 Å². The van der Waals surface area contributed by atoms with Crippen molar-refractivity contribution in [3.8, 4) is 5.82 Å². The predicted octanol–water partition coefficient (Wildman–Crippen LogP) is 0.981. The van der Waals surface area contributed by atoms with Crippen LogP contribution in [0.2, 0.25) is 0 Å². The smallest absolute Gasteiger partial charge is 0.170 e. The van der Waals surface area contributed by atoms with Crippen molar-refractivity contribution in [2.45, 2.75) is 13.3 Å². The number of hydrogen-bond donors (Lipinski definition) is 0. The molecule has 0 saturated heterocycles. The van der Waals surface area contributed by atoms with Crippen molar-refractivity contribution in [1.82, 2.24) is 19.3 Å². The summed E-state index contributed by atoms with van der Waals surface area (Å²) in [4.78, 5) is 15.0. The van der Waals surface area contributed by atoms with Crippen LogP contribution in [0, 0.1) is 0 Å². The second-order valence-corrected chi connectivity index (χ2v) is 3.27. The normalized spacial score (nSPS) is 10.5. The van der Waals surface area contributed by atoms with Crippen LogP contribution in [0.4, 0.5) is 0 Å². The largest absolute Gasteiger partial charge is 0.298 e. The van der Waals surface area contributed by atoms with E-state index in [1.807, 2.05) is 17.7 Å². The molecule has 15 heavy (non-hydrogen) atoms. The van der Waals surface area contributed by atoms with Gasteiger partial charge in [-0.15, -0.1) is 0 Å². The number of carbonyl (C=O) groups is 1. The number of aldehydes is 1. The number of rotatable bonds is 3. The highest BCUT2D eigenvalue weighted by molar-refractivity contribution is 5.79. The number of nitrogens with zero attached hydrogens (tertiary/aromatic N) is 4. The summed E-state index contributed by atoms with van der Waals surface area (Å²) in [6.07, 6.45) is 6.84. The number of carbonyl (C=O) groups excluding carboxylic acids is 1. The molecule has 78 valence electrons. The Hall–Kier alpha value is -1.91. The third kappa shape index (κ3) is 1.56. The molecule has 2 aromatic rings. The molecular weight excluding hydrogens is 192 g/mol. The Kier molecular flexibility index (Phi) is 2.37. The van der Waals surface area contributed by atoms with Crippen molar-refractivity contribution >= 4 is 6.29 Å². The van der Waals surface area contributed by atoms with E-state index in [1.165, 1.54) is 0 Å². The highest BCUT2D eigenvalue weighted by Gasteiger charge is 2.11. The maximum Gasteiger partial charge on any atom is 0.170 e. The molecular formula is C10H12N4O. The molecule has 0 saturated carbocycles. The van der Waals surface area contributed by atoms with Crippen LogP contribution in [-0.2, 0) is 13.5 Å². The summed E-state index contributed by atoms with van der Waals surface area (Å²) in [5.41, 5.74) is 0.574. The first-order chi connectivity index (χ1) is 7.26. The van der Waals surface area contributed by atoms with Gasteiger partial charge in [-0.1, -0.05) is 6.92 Å². The minimum Gasteiger partial charge on any atom is -0.298 e. The van der Waals surface area contributed by atoms with E-state index in [-0.39, 0.29) is 0 Å². The fraction of sp³-hybridized carbons (Fsp3) is 0.300. The lowest BCUT2D eigenvalue weighted by molar-refractivity contribution is 0.112. The summed E-state index contributed by atoms with van der Waals surface area (Å²) in [6.45, 7) is 2.02. The average Bonchev–Trinajstić information content (AvgIpc) is 2.82. The molecule has 5 nitrogen and oxygen atoms in total. The lowest BCUT2D eigenvalue weighted by atomic mass is 10.3. The van der Waals surface area contributed by atoms with Crippen molar-refractivity contribution in [2.75, 3.05) is 0 Å². The summed E-state index contributed by atoms with van der Waals surface area (Å²) in [6, 6.07) is 0. The molecule has 0 spiro atoms. The van der Waals surface area contributed by atoms with Gasteiger partial charge in [0, 0.05) is 32.1 Å². The van der Waals surface area contributed by atoms with E-state index in [2.05, 4.69) is 10.1 Å². The quantitative estimate of drug-likeness (QED) is 0.700. The molecule has 0 amide bonds. The lowest BCUT2D eigenvalue weighted by Gasteiger charge is -2.02. The third-order valence-electron chi connectivity index (χ3n) is 2.23. The molecule has 0 atom stereocenters. The van der Waals surface area contributed by atoms with Gasteiger partial charge in [0.25, 0.3) is 0 Å². The molecule has 0 aliphatic rings. The zero-order valence-corrected chi connectivity index (χ0v) is 8.71. The summed E-state index contributed by atoms with van der Waals surface area (Å²) in [5, 5.41) is 4.24. The van der Waals surface area contributed by atoms with Crippen LogP contribution in [0.5, 0.6) is 0 Å². The number of hydrogen-bond acceptors (Lipinski definition) is 3. The van der Waals surface area contributed by atoms with Crippen LogP contribution in [0.1, 0.15) is 23.1 Å². The Labute approximate surface area is 87.4 Å². The van der Waals surface area contributed by atoms with Crippen LogP contribution in [-0.4, -0.2) is 25.6 Å². The Balaban J connectivity index is 2.57. The third-order valence-corrected chi connectivity index (χ3v) is 2.23. The van der Waals surface area contributed by atoms with Crippen LogP contribution in [0.15, 0.2) is 18.6 Å².